The summed E-state index contributed by atoms with van der Waals surface area (Å²) < 4.78 is 0. The van der Waals surface area contributed by atoms with E-state index in [0.717, 1.165) is 22.2 Å². The molecule has 0 radical (unpaired) electrons. The van der Waals surface area contributed by atoms with E-state index >= 15 is 0 Å². The van der Waals surface area contributed by atoms with Crippen LogP contribution >= 0.6 is 0 Å². The molecule has 0 aliphatic rings. The highest BCUT2D eigenvalue weighted by atomic mass is 16.1. The summed E-state index contributed by atoms with van der Waals surface area (Å²) in [4.78, 5) is 16.5. The van der Waals surface area contributed by atoms with Gasteiger partial charge in [-0.05, 0) is 43.7 Å². The Morgan fingerprint density at radius 1 is 1.20 bits per heavy atom. The summed E-state index contributed by atoms with van der Waals surface area (Å²) in [6, 6.07) is 9.23. The molecule has 3 aromatic rings. The number of amides is 1. The summed E-state index contributed by atoms with van der Waals surface area (Å²) in [6.07, 6.45) is 1.72. The summed E-state index contributed by atoms with van der Waals surface area (Å²) in [5.74, 6) is 0.385. The van der Waals surface area contributed by atoms with Crippen LogP contribution < -0.4 is 5.32 Å². The van der Waals surface area contributed by atoms with Crippen molar-refractivity contribution < 1.29 is 4.79 Å². The first kappa shape index (κ1) is 12.3. The number of nitrogens with zero attached hydrogens (tertiary/aromatic N) is 2. The van der Waals surface area contributed by atoms with Gasteiger partial charge >= 0.3 is 0 Å². The van der Waals surface area contributed by atoms with Gasteiger partial charge in [0.2, 0.25) is 0 Å². The van der Waals surface area contributed by atoms with E-state index in [1.165, 1.54) is 0 Å². The number of H-pyrrole nitrogens is 1. The summed E-state index contributed by atoms with van der Waals surface area (Å²) in [7, 11) is 0. The standard InChI is InChI=1S/C15H14N4O/c1-9-5-10(2)17-14(6-9)18-15(20)11-3-4-12-8-16-19-13(12)7-11/h3-8H,1-2H3,(H,16,19)(H,17,18,20). The molecule has 0 bridgehead atoms. The number of nitrogens with one attached hydrogen (secondary N) is 2. The van der Waals surface area contributed by atoms with Crippen molar-refractivity contribution in [2.24, 2.45) is 0 Å². The molecule has 1 amide bonds. The number of pyridine rings is 1. The van der Waals surface area contributed by atoms with E-state index < -0.39 is 0 Å². The summed E-state index contributed by atoms with van der Waals surface area (Å²) in [5.41, 5.74) is 3.36. The molecule has 20 heavy (non-hydrogen) atoms. The Bertz CT molecular complexity index is 771. The van der Waals surface area contributed by atoms with Gasteiger partial charge in [-0.2, -0.15) is 5.10 Å². The van der Waals surface area contributed by atoms with E-state index in [0.29, 0.717) is 11.4 Å². The molecule has 5 nitrogen and oxygen atoms in total. The molecule has 0 aliphatic carbocycles. The van der Waals surface area contributed by atoms with Gasteiger partial charge in [-0.3, -0.25) is 9.89 Å². The van der Waals surface area contributed by atoms with Gasteiger partial charge < -0.3 is 5.32 Å². The second-order valence-electron chi connectivity index (χ2n) is 4.80. The normalized spacial score (nSPS) is 10.7. The van der Waals surface area contributed by atoms with E-state index in [1.807, 2.05) is 32.0 Å². The third kappa shape index (κ3) is 2.38. The molecule has 2 aromatic heterocycles. The van der Waals surface area contributed by atoms with Gasteiger partial charge in [-0.1, -0.05) is 6.07 Å². The van der Waals surface area contributed by atoms with Crippen LogP contribution in [-0.4, -0.2) is 21.1 Å². The van der Waals surface area contributed by atoms with Crippen molar-refractivity contribution in [3.05, 3.63) is 53.3 Å². The Kier molecular flexibility index (Phi) is 2.95. The zero-order valence-electron chi connectivity index (χ0n) is 11.3. The van der Waals surface area contributed by atoms with Gasteiger partial charge in [0.1, 0.15) is 5.82 Å². The minimum Gasteiger partial charge on any atom is -0.307 e. The number of benzene rings is 1. The van der Waals surface area contributed by atoms with E-state index in [1.54, 1.807) is 18.3 Å². The zero-order valence-corrected chi connectivity index (χ0v) is 11.3. The van der Waals surface area contributed by atoms with Crippen LogP contribution in [0.25, 0.3) is 10.9 Å². The Morgan fingerprint density at radius 2 is 2.05 bits per heavy atom. The number of aromatic nitrogens is 3. The third-order valence-electron chi connectivity index (χ3n) is 3.04. The maximum absolute atomic E-state index is 12.2. The van der Waals surface area contributed by atoms with Crippen LogP contribution in [0.5, 0.6) is 0 Å². The molecule has 0 saturated carbocycles. The molecule has 0 unspecified atom stereocenters. The number of rotatable bonds is 2. The van der Waals surface area contributed by atoms with Crippen LogP contribution in [0.15, 0.2) is 36.5 Å². The lowest BCUT2D eigenvalue weighted by atomic mass is 10.1. The Labute approximate surface area is 116 Å². The largest absolute Gasteiger partial charge is 0.307 e. The van der Waals surface area contributed by atoms with Crippen molar-refractivity contribution in [3.8, 4) is 0 Å². The lowest BCUT2D eigenvalue weighted by Gasteiger charge is -2.06. The first-order chi connectivity index (χ1) is 9.61. The Hall–Kier alpha value is -2.69. The molecular formula is C15H14N4O. The van der Waals surface area contributed by atoms with Gasteiger partial charge in [-0.25, -0.2) is 4.98 Å². The Balaban J connectivity index is 1.88. The average molecular weight is 266 g/mol. The van der Waals surface area contributed by atoms with Gasteiger partial charge in [0.25, 0.3) is 5.91 Å². The zero-order chi connectivity index (χ0) is 14.1. The predicted octanol–water partition coefficient (Wildman–Crippen LogP) is 2.83. The number of hydrogen-bond donors (Lipinski definition) is 2. The van der Waals surface area contributed by atoms with Crippen molar-refractivity contribution in [2.75, 3.05) is 5.32 Å². The average Bonchev–Trinajstić information content (AvgIpc) is 2.84. The maximum Gasteiger partial charge on any atom is 0.256 e. The molecule has 0 fully saturated rings. The minimum atomic E-state index is -0.181. The van der Waals surface area contributed by atoms with Crippen molar-refractivity contribution in [3.63, 3.8) is 0 Å². The van der Waals surface area contributed by atoms with Gasteiger partial charge in [0, 0.05) is 16.6 Å². The number of hydrogen-bond acceptors (Lipinski definition) is 3. The third-order valence-corrected chi connectivity index (χ3v) is 3.04. The second-order valence-corrected chi connectivity index (χ2v) is 4.80. The van der Waals surface area contributed by atoms with Gasteiger partial charge in [0.05, 0.1) is 11.7 Å². The van der Waals surface area contributed by atoms with E-state index in [2.05, 4.69) is 20.5 Å². The van der Waals surface area contributed by atoms with E-state index in [9.17, 15) is 4.79 Å². The maximum atomic E-state index is 12.2. The number of aromatic amines is 1. The van der Waals surface area contributed by atoms with Crippen molar-refractivity contribution in [2.45, 2.75) is 13.8 Å². The molecule has 0 atom stereocenters. The van der Waals surface area contributed by atoms with Gasteiger partial charge in [-0.15, -0.1) is 0 Å². The second kappa shape index (κ2) is 4.77. The fourth-order valence-electron chi connectivity index (χ4n) is 2.17. The van der Waals surface area contributed by atoms with Crippen LogP contribution in [0.2, 0.25) is 0 Å². The van der Waals surface area contributed by atoms with Gasteiger partial charge in [0.15, 0.2) is 0 Å². The van der Waals surface area contributed by atoms with Crippen LogP contribution in [0, 0.1) is 13.8 Å². The van der Waals surface area contributed by atoms with Crippen molar-refractivity contribution in [1.82, 2.24) is 15.2 Å². The van der Waals surface area contributed by atoms with E-state index in [4.69, 9.17) is 0 Å². The van der Waals surface area contributed by atoms with Crippen LogP contribution in [0.1, 0.15) is 21.6 Å². The van der Waals surface area contributed by atoms with Crippen molar-refractivity contribution >= 4 is 22.6 Å². The number of aryl methyl sites for hydroxylation is 2. The molecule has 100 valence electrons. The molecule has 2 N–H and O–H groups in total. The van der Waals surface area contributed by atoms with E-state index in [-0.39, 0.29) is 5.91 Å². The molecule has 0 aliphatic heterocycles. The van der Waals surface area contributed by atoms with Crippen LogP contribution in [0.3, 0.4) is 0 Å². The highest BCUT2D eigenvalue weighted by molar-refractivity contribution is 6.05. The SMILES string of the molecule is Cc1cc(C)nc(NC(=O)c2ccc3cn[nH]c3c2)c1. The monoisotopic (exact) mass is 266 g/mol. The number of fused-ring (bicyclic) bond motifs is 1. The lowest BCUT2D eigenvalue weighted by Crippen LogP contribution is -2.13. The summed E-state index contributed by atoms with van der Waals surface area (Å²) >= 11 is 0. The summed E-state index contributed by atoms with van der Waals surface area (Å²) in [5, 5.41) is 10.6. The molecular weight excluding hydrogens is 252 g/mol. The van der Waals surface area contributed by atoms with Crippen LogP contribution in [0.4, 0.5) is 5.82 Å². The summed E-state index contributed by atoms with van der Waals surface area (Å²) in [6.45, 7) is 3.88. The number of carbonyl (C=O) groups excluding carboxylic acids is 1. The smallest absolute Gasteiger partial charge is 0.256 e. The molecule has 3 rings (SSSR count). The predicted molar refractivity (Wildman–Crippen MR) is 77.8 cm³/mol. The highest BCUT2D eigenvalue weighted by Gasteiger charge is 2.09. The first-order valence-corrected chi connectivity index (χ1v) is 6.31. The lowest BCUT2D eigenvalue weighted by molar-refractivity contribution is 0.102. The molecule has 2 heterocycles. The number of carbonyl (C=O) groups is 1. The molecule has 0 saturated heterocycles. The molecule has 1 aromatic carbocycles. The topological polar surface area (TPSA) is 70.7 Å². The molecule has 0 spiro atoms. The fourth-order valence-corrected chi connectivity index (χ4v) is 2.17. The highest BCUT2D eigenvalue weighted by Crippen LogP contribution is 2.15. The Morgan fingerprint density at radius 3 is 2.85 bits per heavy atom. The van der Waals surface area contributed by atoms with Crippen LogP contribution in [-0.2, 0) is 0 Å². The molecule has 5 heteroatoms. The number of anilines is 1. The fraction of sp³-hybridized carbons (Fsp3) is 0.133. The quantitative estimate of drug-likeness (QED) is 0.749. The van der Waals surface area contributed by atoms with Crippen molar-refractivity contribution in [1.29, 1.82) is 0 Å². The first-order valence-electron chi connectivity index (χ1n) is 6.31. The minimum absolute atomic E-state index is 0.181.